The van der Waals surface area contributed by atoms with E-state index in [4.69, 9.17) is 4.74 Å². The molecule has 222 valence electrons. The predicted molar refractivity (Wildman–Crippen MR) is 161 cm³/mol. The van der Waals surface area contributed by atoms with Crippen LogP contribution in [0.1, 0.15) is 60.5 Å². The molecule has 1 aliphatic heterocycles. The van der Waals surface area contributed by atoms with Crippen LogP contribution in [-0.2, 0) is 22.7 Å². The number of Topliss-reactive ketones (excluding diaryl/α,β-unsaturated/α-hetero) is 1. The number of para-hydroxylation sites is 1. The maximum absolute atomic E-state index is 14.1. The second-order valence-electron chi connectivity index (χ2n) is 12.0. The minimum Gasteiger partial charge on any atom is -0.496 e. The third-order valence-electron chi connectivity index (χ3n) is 9.13. The fourth-order valence-electron chi connectivity index (χ4n) is 6.77. The van der Waals surface area contributed by atoms with Crippen molar-refractivity contribution in [2.45, 2.75) is 72.1 Å². The van der Waals surface area contributed by atoms with Gasteiger partial charge in [0, 0.05) is 48.4 Å². The first kappa shape index (κ1) is 28.5. The van der Waals surface area contributed by atoms with Gasteiger partial charge in [0.1, 0.15) is 29.9 Å². The largest absolute Gasteiger partial charge is 0.496 e. The molecular weight excluding hydrogens is 544 g/mol. The van der Waals surface area contributed by atoms with E-state index in [1.807, 2.05) is 50.2 Å². The van der Waals surface area contributed by atoms with Crippen molar-refractivity contribution in [2.75, 3.05) is 7.11 Å². The molecule has 1 N–H and O–H groups in total. The maximum Gasteiger partial charge on any atom is 0.245 e. The number of hydrogen-bond acceptors (Lipinski definition) is 7. The van der Waals surface area contributed by atoms with E-state index in [2.05, 4.69) is 27.3 Å². The van der Waals surface area contributed by atoms with Crippen molar-refractivity contribution in [2.24, 2.45) is 5.41 Å². The van der Waals surface area contributed by atoms with E-state index in [-0.39, 0.29) is 35.6 Å². The van der Waals surface area contributed by atoms with Crippen LogP contribution in [0.2, 0.25) is 0 Å². The van der Waals surface area contributed by atoms with E-state index >= 15 is 0 Å². The predicted octanol–water partition coefficient (Wildman–Crippen LogP) is 4.41. The monoisotopic (exact) mass is 580 g/mol. The summed E-state index contributed by atoms with van der Waals surface area (Å²) < 4.78 is 7.06. The number of carbonyl (C=O) groups is 3. The molecular formula is C33H36N6O4. The quantitative estimate of drug-likeness (QED) is 0.307. The number of hydrogen-bond donors (Lipinski definition) is 1. The first-order valence-corrected chi connectivity index (χ1v) is 14.6. The number of fused-ring (bicyclic) bond motifs is 2. The van der Waals surface area contributed by atoms with Gasteiger partial charge in [-0.15, -0.1) is 0 Å². The number of nitrogens with one attached hydrogen (secondary N) is 1. The topological polar surface area (TPSA) is 119 Å². The standard InChI is InChI=1S/C33H36N6O4/c1-19-12-23(24-16-34-21(3)35-17-24)13-25-30(20(2)40)37-38(31(19)25)18-29(41)39-26(14-33(4)11-10-28(33)39)32(42)36-15-22-8-6-7-9-27(22)43-5/h6-9,12-13,16-17,26,28H,10-11,14-15,18H2,1-5H3,(H,36,42)/t26-,28+,33+/m0/s1. The van der Waals surface area contributed by atoms with Gasteiger partial charge in [0.15, 0.2) is 5.78 Å². The molecule has 0 unspecified atom stereocenters. The second kappa shape index (κ2) is 10.9. The van der Waals surface area contributed by atoms with Crippen LogP contribution in [0.5, 0.6) is 5.75 Å². The third-order valence-corrected chi connectivity index (χ3v) is 9.13. The molecule has 3 heterocycles. The van der Waals surface area contributed by atoms with Gasteiger partial charge in [-0.05, 0) is 67.9 Å². The van der Waals surface area contributed by atoms with Gasteiger partial charge in [-0.2, -0.15) is 5.10 Å². The number of methoxy groups -OCH3 is 1. The number of aromatic nitrogens is 4. The average Bonchev–Trinajstić information content (AvgIpc) is 3.45. The Hall–Kier alpha value is -4.60. The summed E-state index contributed by atoms with van der Waals surface area (Å²) in [6, 6.07) is 10.9. The van der Waals surface area contributed by atoms with Crippen LogP contribution in [0.25, 0.3) is 22.0 Å². The molecule has 43 heavy (non-hydrogen) atoms. The average molecular weight is 581 g/mol. The number of aryl methyl sites for hydroxylation is 2. The van der Waals surface area contributed by atoms with Crippen molar-refractivity contribution in [3.63, 3.8) is 0 Å². The lowest BCUT2D eigenvalue weighted by atomic mass is 9.66. The highest BCUT2D eigenvalue weighted by Gasteiger charge is 2.58. The first-order chi connectivity index (χ1) is 20.6. The number of rotatable bonds is 8. The maximum atomic E-state index is 14.1. The van der Waals surface area contributed by atoms with E-state index in [0.717, 1.165) is 40.6 Å². The zero-order valence-corrected chi connectivity index (χ0v) is 25.2. The number of ether oxygens (including phenoxy) is 1. The van der Waals surface area contributed by atoms with Crippen molar-refractivity contribution in [1.29, 1.82) is 0 Å². The van der Waals surface area contributed by atoms with Crippen LogP contribution in [-0.4, -0.2) is 61.4 Å². The lowest BCUT2D eigenvalue weighted by molar-refractivity contribution is -0.143. The lowest BCUT2D eigenvalue weighted by Crippen LogP contribution is -2.53. The van der Waals surface area contributed by atoms with Crippen molar-refractivity contribution in [3.8, 4) is 16.9 Å². The number of amides is 2. The van der Waals surface area contributed by atoms with Crippen LogP contribution in [0.3, 0.4) is 0 Å². The summed E-state index contributed by atoms with van der Waals surface area (Å²) in [6.45, 7) is 7.65. The van der Waals surface area contributed by atoms with Crippen LogP contribution < -0.4 is 10.1 Å². The van der Waals surface area contributed by atoms with Gasteiger partial charge in [-0.25, -0.2) is 9.97 Å². The summed E-state index contributed by atoms with van der Waals surface area (Å²) >= 11 is 0. The smallest absolute Gasteiger partial charge is 0.245 e. The molecule has 10 nitrogen and oxygen atoms in total. The summed E-state index contributed by atoms with van der Waals surface area (Å²) in [7, 11) is 1.60. The van der Waals surface area contributed by atoms with E-state index < -0.39 is 6.04 Å². The molecule has 3 atom stereocenters. The van der Waals surface area contributed by atoms with E-state index in [1.54, 1.807) is 29.1 Å². The van der Waals surface area contributed by atoms with Crippen molar-refractivity contribution < 1.29 is 19.1 Å². The number of nitrogens with zero attached hydrogens (tertiary/aromatic N) is 5. The fraction of sp³-hybridized carbons (Fsp3) is 0.394. The molecule has 0 bridgehead atoms. The van der Waals surface area contributed by atoms with Gasteiger partial charge in [-0.3, -0.25) is 19.1 Å². The first-order valence-electron chi connectivity index (χ1n) is 14.6. The van der Waals surface area contributed by atoms with Gasteiger partial charge >= 0.3 is 0 Å². The summed E-state index contributed by atoms with van der Waals surface area (Å²) in [4.78, 5) is 50.7. The molecule has 4 aromatic rings. The Labute approximate surface area is 250 Å². The molecule has 0 radical (unpaired) electrons. The molecule has 1 saturated heterocycles. The number of likely N-dealkylation sites (tertiary alicyclic amines) is 1. The van der Waals surface area contributed by atoms with E-state index in [1.165, 1.54) is 6.92 Å². The number of ketones is 1. The van der Waals surface area contributed by atoms with Crippen molar-refractivity contribution in [1.82, 2.24) is 30.0 Å². The van der Waals surface area contributed by atoms with Gasteiger partial charge in [-0.1, -0.05) is 25.1 Å². The van der Waals surface area contributed by atoms with Gasteiger partial charge in [0.05, 0.1) is 12.6 Å². The minimum absolute atomic E-state index is 0.00893. The highest BCUT2D eigenvalue weighted by Crippen LogP contribution is 2.54. The van der Waals surface area contributed by atoms with Crippen LogP contribution in [0.4, 0.5) is 0 Å². The van der Waals surface area contributed by atoms with Crippen LogP contribution in [0, 0.1) is 19.3 Å². The second-order valence-corrected chi connectivity index (χ2v) is 12.0. The molecule has 2 aromatic carbocycles. The number of carbonyl (C=O) groups excluding carboxylic acids is 3. The highest BCUT2D eigenvalue weighted by molar-refractivity contribution is 6.07. The van der Waals surface area contributed by atoms with Crippen molar-refractivity contribution in [3.05, 3.63) is 71.4 Å². The third kappa shape index (κ3) is 5.04. The van der Waals surface area contributed by atoms with Gasteiger partial charge < -0.3 is 15.0 Å². The lowest BCUT2D eigenvalue weighted by Gasteiger charge is -2.44. The Morgan fingerprint density at radius 2 is 1.84 bits per heavy atom. The molecule has 2 aliphatic rings. The Balaban J connectivity index is 1.29. The molecule has 1 aliphatic carbocycles. The zero-order valence-electron chi connectivity index (χ0n) is 25.2. The van der Waals surface area contributed by atoms with Crippen molar-refractivity contribution >= 4 is 28.5 Å². The molecule has 2 fully saturated rings. The van der Waals surface area contributed by atoms with Gasteiger partial charge in [0.25, 0.3) is 0 Å². The van der Waals surface area contributed by atoms with Gasteiger partial charge in [0.2, 0.25) is 11.8 Å². The number of benzene rings is 2. The van der Waals surface area contributed by atoms with Crippen LogP contribution in [0.15, 0.2) is 48.8 Å². The zero-order chi connectivity index (χ0) is 30.5. The molecule has 0 spiro atoms. The SMILES string of the molecule is COc1ccccc1CNC(=O)[C@@H]1C[C@@]2(C)CC[C@H]2N1C(=O)Cn1nc(C(C)=O)c2cc(-c3cnc(C)nc3)cc(C)c21. The Kier molecular flexibility index (Phi) is 7.23. The summed E-state index contributed by atoms with van der Waals surface area (Å²) in [5.41, 5.74) is 4.38. The molecule has 2 aromatic heterocycles. The summed E-state index contributed by atoms with van der Waals surface area (Å²) in [5.74, 6) is 0.837. The Bertz CT molecular complexity index is 1750. The molecule has 6 rings (SSSR count). The van der Waals surface area contributed by atoms with E-state index in [9.17, 15) is 14.4 Å². The minimum atomic E-state index is -0.581. The summed E-state index contributed by atoms with van der Waals surface area (Å²) in [6.07, 6.45) is 5.96. The normalized spacial score (nSPS) is 20.9. The fourth-order valence-corrected chi connectivity index (χ4v) is 6.77. The Morgan fingerprint density at radius 1 is 1.09 bits per heavy atom. The molecule has 2 amide bonds. The summed E-state index contributed by atoms with van der Waals surface area (Å²) in [5, 5.41) is 8.35. The van der Waals surface area contributed by atoms with E-state index in [0.29, 0.717) is 35.6 Å². The highest BCUT2D eigenvalue weighted by atomic mass is 16.5. The molecule has 10 heteroatoms. The van der Waals surface area contributed by atoms with Crippen LogP contribution >= 0.6 is 0 Å². The Morgan fingerprint density at radius 3 is 2.51 bits per heavy atom. The molecule has 1 saturated carbocycles.